The summed E-state index contributed by atoms with van der Waals surface area (Å²) >= 11 is 0. The molecule has 0 spiro atoms. The largest absolute Gasteiger partial charge is 0.494 e. The third kappa shape index (κ3) is 1.70. The van der Waals surface area contributed by atoms with Gasteiger partial charge in [-0.1, -0.05) is 0 Å². The summed E-state index contributed by atoms with van der Waals surface area (Å²) < 4.78 is 11.0. The Labute approximate surface area is 88.8 Å². The highest BCUT2D eigenvalue weighted by Crippen LogP contribution is 2.28. The van der Waals surface area contributed by atoms with Crippen molar-refractivity contribution in [2.75, 3.05) is 6.61 Å². The van der Waals surface area contributed by atoms with Gasteiger partial charge in [-0.2, -0.15) is 0 Å². The molecule has 1 heterocycles. The van der Waals surface area contributed by atoms with E-state index >= 15 is 0 Å². The Morgan fingerprint density at radius 1 is 1.40 bits per heavy atom. The lowest BCUT2D eigenvalue weighted by molar-refractivity contribution is 0.340. The Bertz CT molecular complexity index is 474. The summed E-state index contributed by atoms with van der Waals surface area (Å²) in [6.07, 6.45) is 0. The highest BCUT2D eigenvalue weighted by Gasteiger charge is 2.09. The molecule has 0 aliphatic carbocycles. The van der Waals surface area contributed by atoms with Crippen molar-refractivity contribution in [2.45, 2.75) is 20.4 Å². The lowest BCUT2D eigenvalue weighted by Gasteiger charge is -2.01. The van der Waals surface area contributed by atoms with Gasteiger partial charge in [0, 0.05) is 5.39 Å². The quantitative estimate of drug-likeness (QED) is 0.837. The van der Waals surface area contributed by atoms with Crippen LogP contribution in [0, 0.1) is 6.92 Å². The van der Waals surface area contributed by atoms with Crippen LogP contribution in [0.2, 0.25) is 0 Å². The zero-order valence-corrected chi connectivity index (χ0v) is 9.04. The molecule has 2 aromatic rings. The molecule has 15 heavy (non-hydrogen) atoms. The predicted molar refractivity (Wildman–Crippen MR) is 60.0 cm³/mol. The fraction of sp³-hybridized carbons (Fsp3) is 0.333. The molecule has 0 saturated carbocycles. The molecule has 1 aromatic carbocycles. The zero-order chi connectivity index (χ0) is 10.8. The van der Waals surface area contributed by atoms with Gasteiger partial charge in [-0.15, -0.1) is 0 Å². The first-order valence-corrected chi connectivity index (χ1v) is 5.11. The number of rotatable bonds is 3. The van der Waals surface area contributed by atoms with E-state index in [9.17, 15) is 0 Å². The number of aryl methyl sites for hydroxylation is 1. The van der Waals surface area contributed by atoms with Gasteiger partial charge in [-0.25, -0.2) is 0 Å². The Hall–Kier alpha value is -1.48. The minimum absolute atomic E-state index is 0.435. The smallest absolute Gasteiger partial charge is 0.134 e. The Kier molecular flexibility index (Phi) is 2.64. The topological polar surface area (TPSA) is 48.4 Å². The molecule has 2 rings (SSSR count). The zero-order valence-electron chi connectivity index (χ0n) is 9.04. The molecule has 0 aliphatic rings. The van der Waals surface area contributed by atoms with Crippen molar-refractivity contribution in [1.82, 2.24) is 0 Å². The van der Waals surface area contributed by atoms with Gasteiger partial charge in [-0.05, 0) is 37.6 Å². The molecular weight excluding hydrogens is 190 g/mol. The van der Waals surface area contributed by atoms with E-state index in [1.165, 1.54) is 0 Å². The van der Waals surface area contributed by atoms with E-state index < -0.39 is 0 Å². The first-order chi connectivity index (χ1) is 7.26. The number of fused-ring (bicyclic) bond motifs is 1. The summed E-state index contributed by atoms with van der Waals surface area (Å²) in [5.41, 5.74) is 7.56. The average Bonchev–Trinajstić information content (AvgIpc) is 2.56. The van der Waals surface area contributed by atoms with Crippen LogP contribution in [0.4, 0.5) is 0 Å². The molecule has 3 heteroatoms. The molecule has 0 unspecified atom stereocenters. The van der Waals surface area contributed by atoms with Crippen LogP contribution in [-0.4, -0.2) is 6.61 Å². The summed E-state index contributed by atoms with van der Waals surface area (Å²) in [6.45, 7) is 5.10. The second-order valence-electron chi connectivity index (χ2n) is 3.45. The van der Waals surface area contributed by atoms with Crippen LogP contribution in [0.15, 0.2) is 22.6 Å². The Morgan fingerprint density at radius 2 is 2.20 bits per heavy atom. The van der Waals surface area contributed by atoms with Crippen LogP contribution < -0.4 is 10.5 Å². The maximum atomic E-state index is 5.60. The van der Waals surface area contributed by atoms with Gasteiger partial charge in [0.25, 0.3) is 0 Å². The van der Waals surface area contributed by atoms with Gasteiger partial charge in [0.05, 0.1) is 13.2 Å². The summed E-state index contributed by atoms with van der Waals surface area (Å²) in [6, 6.07) is 5.83. The predicted octanol–water partition coefficient (Wildman–Crippen LogP) is 2.60. The molecule has 0 atom stereocenters. The monoisotopic (exact) mass is 205 g/mol. The van der Waals surface area contributed by atoms with Crippen LogP contribution in [0.1, 0.15) is 18.2 Å². The van der Waals surface area contributed by atoms with Crippen LogP contribution in [-0.2, 0) is 6.54 Å². The van der Waals surface area contributed by atoms with Crippen molar-refractivity contribution in [3.63, 3.8) is 0 Å². The highest BCUT2D eigenvalue weighted by molar-refractivity contribution is 5.83. The van der Waals surface area contributed by atoms with Gasteiger partial charge >= 0.3 is 0 Å². The molecule has 0 aliphatic heterocycles. The van der Waals surface area contributed by atoms with Gasteiger partial charge in [0.1, 0.15) is 17.1 Å². The highest BCUT2D eigenvalue weighted by atomic mass is 16.5. The molecule has 1 aromatic heterocycles. The fourth-order valence-electron chi connectivity index (χ4n) is 1.70. The van der Waals surface area contributed by atoms with Gasteiger partial charge in [0.15, 0.2) is 0 Å². The maximum Gasteiger partial charge on any atom is 0.134 e. The molecule has 0 saturated heterocycles. The number of furan rings is 1. The number of nitrogens with two attached hydrogens (primary N) is 1. The lowest BCUT2D eigenvalue weighted by Crippen LogP contribution is -1.95. The van der Waals surface area contributed by atoms with Crippen LogP contribution in [0.5, 0.6) is 5.75 Å². The number of hydrogen-bond donors (Lipinski definition) is 1. The third-order valence-electron chi connectivity index (χ3n) is 2.50. The number of hydrogen-bond acceptors (Lipinski definition) is 3. The van der Waals surface area contributed by atoms with Crippen LogP contribution in [0.3, 0.4) is 0 Å². The van der Waals surface area contributed by atoms with Crippen LogP contribution >= 0.6 is 0 Å². The fourth-order valence-corrected chi connectivity index (χ4v) is 1.70. The normalized spacial score (nSPS) is 10.9. The van der Waals surface area contributed by atoms with Crippen molar-refractivity contribution < 1.29 is 9.15 Å². The first-order valence-electron chi connectivity index (χ1n) is 5.11. The Balaban J connectivity index is 2.54. The van der Waals surface area contributed by atoms with Gasteiger partial charge in [-0.3, -0.25) is 0 Å². The third-order valence-corrected chi connectivity index (χ3v) is 2.50. The maximum absolute atomic E-state index is 5.60. The van der Waals surface area contributed by atoms with E-state index in [1.54, 1.807) is 0 Å². The minimum Gasteiger partial charge on any atom is -0.494 e. The van der Waals surface area contributed by atoms with Gasteiger partial charge in [0.2, 0.25) is 0 Å². The molecule has 0 bridgehead atoms. The van der Waals surface area contributed by atoms with E-state index in [2.05, 4.69) is 0 Å². The molecule has 80 valence electrons. The second kappa shape index (κ2) is 3.95. The summed E-state index contributed by atoms with van der Waals surface area (Å²) in [7, 11) is 0. The summed E-state index contributed by atoms with van der Waals surface area (Å²) in [5, 5.41) is 1.08. The molecule has 0 radical (unpaired) electrons. The number of benzene rings is 1. The van der Waals surface area contributed by atoms with Crippen LogP contribution in [0.25, 0.3) is 11.0 Å². The van der Waals surface area contributed by atoms with Crippen molar-refractivity contribution in [3.05, 3.63) is 29.5 Å². The lowest BCUT2D eigenvalue weighted by atomic mass is 10.1. The van der Waals surface area contributed by atoms with E-state index in [-0.39, 0.29) is 0 Å². The van der Waals surface area contributed by atoms with Crippen molar-refractivity contribution >= 4 is 11.0 Å². The molecule has 0 amide bonds. The van der Waals surface area contributed by atoms with Gasteiger partial charge < -0.3 is 14.9 Å². The van der Waals surface area contributed by atoms with Crippen molar-refractivity contribution in [1.29, 1.82) is 0 Å². The standard InChI is InChI=1S/C12H15NO2/c1-3-14-9-4-5-11-10(6-9)8(2)12(7-13)15-11/h4-6H,3,7,13H2,1-2H3. The molecule has 0 fully saturated rings. The van der Waals surface area contributed by atoms with E-state index in [4.69, 9.17) is 14.9 Å². The average molecular weight is 205 g/mol. The first kappa shape index (κ1) is 10.1. The Morgan fingerprint density at radius 3 is 2.87 bits per heavy atom. The van der Waals surface area contributed by atoms with E-state index in [0.29, 0.717) is 13.2 Å². The van der Waals surface area contributed by atoms with E-state index in [1.807, 2.05) is 32.0 Å². The van der Waals surface area contributed by atoms with Crippen molar-refractivity contribution in [3.8, 4) is 5.75 Å². The number of ether oxygens (including phenoxy) is 1. The molecule has 2 N–H and O–H groups in total. The van der Waals surface area contributed by atoms with E-state index in [0.717, 1.165) is 28.0 Å². The second-order valence-corrected chi connectivity index (χ2v) is 3.45. The molecular formula is C12H15NO2. The van der Waals surface area contributed by atoms with Crippen molar-refractivity contribution in [2.24, 2.45) is 5.73 Å². The summed E-state index contributed by atoms with van der Waals surface area (Å²) in [4.78, 5) is 0. The SMILES string of the molecule is CCOc1ccc2oc(CN)c(C)c2c1. The summed E-state index contributed by atoms with van der Waals surface area (Å²) in [5.74, 6) is 1.72. The molecule has 3 nitrogen and oxygen atoms in total. The minimum atomic E-state index is 0.435.